The lowest BCUT2D eigenvalue weighted by Gasteiger charge is -2.09. The van der Waals surface area contributed by atoms with Crippen molar-refractivity contribution in [1.82, 2.24) is 4.98 Å². The molecule has 2 heterocycles. The van der Waals surface area contributed by atoms with E-state index in [9.17, 15) is 8.42 Å². The zero-order valence-corrected chi connectivity index (χ0v) is 13.5. The van der Waals surface area contributed by atoms with Crippen molar-refractivity contribution in [3.05, 3.63) is 32.6 Å². The van der Waals surface area contributed by atoms with Gasteiger partial charge in [0.2, 0.25) is 0 Å². The van der Waals surface area contributed by atoms with Gasteiger partial charge in [0.15, 0.2) is 0 Å². The molecule has 0 unspecified atom stereocenters. The first-order chi connectivity index (χ1) is 8.79. The van der Waals surface area contributed by atoms with Crippen molar-refractivity contribution >= 4 is 48.8 Å². The maximum Gasteiger partial charge on any atom is 0.264 e. The van der Waals surface area contributed by atoms with Crippen LogP contribution in [0.4, 0.5) is 11.5 Å². The molecule has 5 nitrogen and oxygen atoms in total. The zero-order valence-electron chi connectivity index (χ0n) is 10.3. The van der Waals surface area contributed by atoms with Crippen LogP contribution in [0.3, 0.4) is 0 Å². The molecule has 0 aliphatic carbocycles. The standard InChI is InChI=1S/C11H12BrN3O2S2/c1-6-3-8(13)5-14-11(6)15-19(16,17)9-4-10(12)18-7(9)2/h3-5H,13H2,1-2H3,(H,14,15). The van der Waals surface area contributed by atoms with Crippen molar-refractivity contribution in [2.24, 2.45) is 0 Å². The number of sulfonamides is 1. The molecule has 8 heteroatoms. The third-order valence-corrected chi connectivity index (χ3v) is 5.61. The quantitative estimate of drug-likeness (QED) is 0.879. The highest BCUT2D eigenvalue weighted by Crippen LogP contribution is 2.31. The number of nitrogens with two attached hydrogens (primary N) is 1. The normalized spacial score (nSPS) is 11.5. The summed E-state index contributed by atoms with van der Waals surface area (Å²) in [6, 6.07) is 3.25. The minimum absolute atomic E-state index is 0.252. The molecule has 0 bridgehead atoms. The molecule has 0 amide bonds. The van der Waals surface area contributed by atoms with E-state index in [0.717, 1.165) is 3.79 Å². The molecular formula is C11H12BrN3O2S2. The number of nitrogens with one attached hydrogen (secondary N) is 1. The van der Waals surface area contributed by atoms with Crippen LogP contribution in [-0.2, 0) is 10.0 Å². The van der Waals surface area contributed by atoms with E-state index in [4.69, 9.17) is 5.73 Å². The van der Waals surface area contributed by atoms with Crippen LogP contribution in [0.5, 0.6) is 0 Å². The van der Waals surface area contributed by atoms with E-state index >= 15 is 0 Å². The fraction of sp³-hybridized carbons (Fsp3) is 0.182. The van der Waals surface area contributed by atoms with Gasteiger partial charge >= 0.3 is 0 Å². The van der Waals surface area contributed by atoms with E-state index in [2.05, 4.69) is 25.6 Å². The molecule has 0 saturated carbocycles. The lowest BCUT2D eigenvalue weighted by molar-refractivity contribution is 0.601. The first kappa shape index (κ1) is 14.3. The topological polar surface area (TPSA) is 85.1 Å². The summed E-state index contributed by atoms with van der Waals surface area (Å²) in [5, 5.41) is 0. The van der Waals surface area contributed by atoms with E-state index in [0.29, 0.717) is 16.1 Å². The van der Waals surface area contributed by atoms with Crippen LogP contribution in [0.25, 0.3) is 0 Å². The van der Waals surface area contributed by atoms with Gasteiger partial charge in [-0.2, -0.15) is 0 Å². The predicted octanol–water partition coefficient (Wildman–Crippen LogP) is 2.91. The highest BCUT2D eigenvalue weighted by atomic mass is 79.9. The van der Waals surface area contributed by atoms with Gasteiger partial charge in [-0.15, -0.1) is 11.3 Å². The number of halogens is 1. The number of aromatic nitrogens is 1. The van der Waals surface area contributed by atoms with E-state index in [1.165, 1.54) is 17.5 Å². The Morgan fingerprint density at radius 3 is 2.58 bits per heavy atom. The van der Waals surface area contributed by atoms with Crippen molar-refractivity contribution in [3.63, 3.8) is 0 Å². The summed E-state index contributed by atoms with van der Waals surface area (Å²) in [6.07, 6.45) is 1.42. The van der Waals surface area contributed by atoms with Crippen LogP contribution in [-0.4, -0.2) is 13.4 Å². The van der Waals surface area contributed by atoms with Gasteiger partial charge < -0.3 is 5.73 Å². The van der Waals surface area contributed by atoms with E-state index in [1.807, 2.05) is 0 Å². The first-order valence-corrected chi connectivity index (χ1v) is 8.40. The average molecular weight is 362 g/mol. The minimum Gasteiger partial charge on any atom is -0.397 e. The number of hydrogen-bond donors (Lipinski definition) is 2. The van der Waals surface area contributed by atoms with Gasteiger partial charge in [-0.05, 0) is 47.5 Å². The summed E-state index contributed by atoms with van der Waals surface area (Å²) in [5.74, 6) is 0.288. The molecule has 2 aromatic rings. The van der Waals surface area contributed by atoms with E-state index in [1.54, 1.807) is 26.0 Å². The maximum atomic E-state index is 12.3. The highest BCUT2D eigenvalue weighted by molar-refractivity contribution is 9.11. The summed E-state index contributed by atoms with van der Waals surface area (Å²) in [5.41, 5.74) is 6.76. The number of aryl methyl sites for hydroxylation is 2. The lowest BCUT2D eigenvalue weighted by Crippen LogP contribution is -2.15. The fourth-order valence-electron chi connectivity index (χ4n) is 1.58. The molecule has 19 heavy (non-hydrogen) atoms. The van der Waals surface area contributed by atoms with Crippen molar-refractivity contribution in [1.29, 1.82) is 0 Å². The second-order valence-corrected chi connectivity index (χ2v) is 8.30. The van der Waals surface area contributed by atoms with Crippen molar-refractivity contribution < 1.29 is 8.42 Å². The molecule has 0 aliphatic rings. The molecule has 0 radical (unpaired) electrons. The van der Waals surface area contributed by atoms with Crippen molar-refractivity contribution in [2.45, 2.75) is 18.7 Å². The molecular weight excluding hydrogens is 350 g/mol. The van der Waals surface area contributed by atoms with Crippen LogP contribution in [0.2, 0.25) is 0 Å². The average Bonchev–Trinajstić information content (AvgIpc) is 2.63. The Bertz CT molecular complexity index is 726. The maximum absolute atomic E-state index is 12.3. The van der Waals surface area contributed by atoms with Gasteiger partial charge in [-0.3, -0.25) is 4.72 Å². The number of anilines is 2. The first-order valence-electron chi connectivity index (χ1n) is 5.30. The molecule has 3 N–H and O–H groups in total. The predicted molar refractivity (Wildman–Crippen MR) is 81.0 cm³/mol. The van der Waals surface area contributed by atoms with Gasteiger partial charge in [-0.1, -0.05) is 0 Å². The van der Waals surface area contributed by atoms with Gasteiger partial charge in [0, 0.05) is 4.88 Å². The number of nitrogens with zero attached hydrogens (tertiary/aromatic N) is 1. The van der Waals surface area contributed by atoms with Crippen LogP contribution in [0.1, 0.15) is 10.4 Å². The molecule has 0 fully saturated rings. The lowest BCUT2D eigenvalue weighted by atomic mass is 10.3. The van der Waals surface area contributed by atoms with Crippen LogP contribution in [0, 0.1) is 13.8 Å². The zero-order chi connectivity index (χ0) is 14.2. The molecule has 0 saturated heterocycles. The Hall–Kier alpha value is -1.12. The minimum atomic E-state index is -3.63. The van der Waals surface area contributed by atoms with Gasteiger partial charge in [0.1, 0.15) is 10.7 Å². The highest BCUT2D eigenvalue weighted by Gasteiger charge is 2.20. The Labute approximate surface area is 124 Å². The van der Waals surface area contributed by atoms with Gasteiger partial charge in [0.25, 0.3) is 10.0 Å². The molecule has 2 rings (SSSR count). The number of rotatable bonds is 3. The second kappa shape index (κ2) is 5.10. The second-order valence-electron chi connectivity index (χ2n) is 4.01. The molecule has 0 spiro atoms. The van der Waals surface area contributed by atoms with Crippen LogP contribution >= 0.6 is 27.3 Å². The summed E-state index contributed by atoms with van der Waals surface area (Å²) in [6.45, 7) is 3.50. The molecule has 102 valence electrons. The Balaban J connectivity index is 2.39. The van der Waals surface area contributed by atoms with Crippen LogP contribution in [0.15, 0.2) is 27.0 Å². The van der Waals surface area contributed by atoms with Crippen molar-refractivity contribution in [2.75, 3.05) is 10.5 Å². The third kappa shape index (κ3) is 3.07. The number of thiophene rings is 1. The third-order valence-electron chi connectivity index (χ3n) is 2.46. The Kier molecular flexibility index (Phi) is 3.84. The smallest absolute Gasteiger partial charge is 0.264 e. The molecule has 0 atom stereocenters. The number of hydrogen-bond acceptors (Lipinski definition) is 5. The summed E-state index contributed by atoms with van der Waals surface area (Å²) in [4.78, 5) is 4.97. The summed E-state index contributed by atoms with van der Waals surface area (Å²) in [7, 11) is -3.63. The molecule has 2 aromatic heterocycles. The van der Waals surface area contributed by atoms with Crippen LogP contribution < -0.4 is 10.5 Å². The number of nitrogen functional groups attached to an aromatic ring is 1. The van der Waals surface area contributed by atoms with E-state index < -0.39 is 10.0 Å². The molecule has 0 aliphatic heterocycles. The fourth-order valence-corrected chi connectivity index (χ4v) is 5.08. The summed E-state index contributed by atoms with van der Waals surface area (Å²) >= 11 is 4.65. The SMILES string of the molecule is Cc1cc(N)cnc1NS(=O)(=O)c1cc(Br)sc1C. The largest absolute Gasteiger partial charge is 0.397 e. The molecule has 0 aromatic carbocycles. The summed E-state index contributed by atoms with van der Waals surface area (Å²) < 4.78 is 27.8. The number of pyridine rings is 1. The van der Waals surface area contributed by atoms with Crippen molar-refractivity contribution in [3.8, 4) is 0 Å². The van der Waals surface area contributed by atoms with E-state index in [-0.39, 0.29) is 10.7 Å². The Morgan fingerprint density at radius 1 is 1.37 bits per heavy atom. The Morgan fingerprint density at radius 2 is 2.05 bits per heavy atom. The monoisotopic (exact) mass is 361 g/mol. The van der Waals surface area contributed by atoms with Gasteiger partial charge in [-0.25, -0.2) is 13.4 Å². The van der Waals surface area contributed by atoms with Gasteiger partial charge in [0.05, 0.1) is 15.7 Å².